The average Bonchev–Trinajstić information content (AvgIpc) is 3.60. The van der Waals surface area contributed by atoms with Gasteiger partial charge >= 0.3 is 11.9 Å². The molecular weight excluding hydrogens is 576 g/mol. The van der Waals surface area contributed by atoms with E-state index >= 15 is 0 Å². The Kier molecular flexibility index (Phi) is 11.6. The number of carbonyl (C=O) groups excluding carboxylic acids is 2. The fourth-order valence-corrected chi connectivity index (χ4v) is 5.20. The number of carbonyl (C=O) groups is 2. The number of anilines is 1. The molecule has 0 radical (unpaired) electrons. The number of hydrogen-bond donors (Lipinski definition) is 0. The van der Waals surface area contributed by atoms with E-state index in [1.165, 1.54) is 17.4 Å². The highest BCUT2D eigenvalue weighted by Crippen LogP contribution is 2.36. The van der Waals surface area contributed by atoms with Gasteiger partial charge in [0.05, 0.1) is 46.7 Å². The van der Waals surface area contributed by atoms with Gasteiger partial charge in [-0.2, -0.15) is 10.2 Å². The average molecular weight is 615 g/mol. The zero-order valence-corrected chi connectivity index (χ0v) is 26.5. The Balaban J connectivity index is 1.29. The Morgan fingerprint density at radius 1 is 1.07 bits per heavy atom. The van der Waals surface area contributed by atoms with Crippen molar-refractivity contribution in [2.24, 2.45) is 26.4 Å². The maximum Gasteiger partial charge on any atom is 0.330 e. The van der Waals surface area contributed by atoms with E-state index in [1.807, 2.05) is 69.3 Å². The lowest BCUT2D eigenvalue weighted by Gasteiger charge is -2.23. The molecule has 0 fully saturated rings. The summed E-state index contributed by atoms with van der Waals surface area (Å²) in [6, 6.07) is 13.7. The van der Waals surface area contributed by atoms with Gasteiger partial charge < -0.3 is 14.4 Å². The quantitative estimate of drug-likeness (QED) is 0.0966. The van der Waals surface area contributed by atoms with Crippen LogP contribution in [0.15, 0.2) is 81.3 Å². The summed E-state index contributed by atoms with van der Waals surface area (Å²) in [4.78, 5) is 30.9. The van der Waals surface area contributed by atoms with Crippen LogP contribution in [-0.2, 0) is 31.9 Å². The first-order valence-corrected chi connectivity index (χ1v) is 15.5. The predicted octanol–water partition coefficient (Wildman–Crippen LogP) is 8.24. The Morgan fingerprint density at radius 2 is 1.86 bits per heavy atom. The molecule has 0 amide bonds. The van der Waals surface area contributed by atoms with Crippen molar-refractivity contribution in [3.8, 4) is 0 Å². The van der Waals surface area contributed by atoms with Crippen molar-refractivity contribution < 1.29 is 19.1 Å². The monoisotopic (exact) mass is 614 g/mol. The molecule has 1 atom stereocenters. The fraction of sp³-hybridized carbons (Fsp3) is 0.364. The Morgan fingerprint density at radius 3 is 2.55 bits per heavy atom. The Labute approximate surface area is 262 Å². The molecule has 3 aromatic rings. The number of thiazole rings is 1. The molecule has 0 saturated heterocycles. The summed E-state index contributed by atoms with van der Waals surface area (Å²) in [7, 11) is 0. The Bertz CT molecular complexity index is 1560. The molecule has 1 heterocycles. The zero-order valence-electron chi connectivity index (χ0n) is 25.7. The summed E-state index contributed by atoms with van der Waals surface area (Å²) >= 11 is 1.47. The van der Waals surface area contributed by atoms with Gasteiger partial charge in [-0.05, 0) is 67.8 Å². The van der Waals surface area contributed by atoms with Crippen molar-refractivity contribution in [1.29, 1.82) is 0 Å². The second-order valence-corrected chi connectivity index (χ2v) is 11.3. The van der Waals surface area contributed by atoms with E-state index in [4.69, 9.17) is 9.47 Å². The van der Waals surface area contributed by atoms with Gasteiger partial charge in [-0.1, -0.05) is 43.9 Å². The summed E-state index contributed by atoms with van der Waals surface area (Å²) in [5.74, 6) is -0.640. The lowest BCUT2D eigenvalue weighted by atomic mass is 10.1. The van der Waals surface area contributed by atoms with Gasteiger partial charge in [0, 0.05) is 31.1 Å². The molecule has 4 rings (SSSR count). The van der Waals surface area contributed by atoms with Crippen molar-refractivity contribution in [1.82, 2.24) is 4.98 Å². The van der Waals surface area contributed by atoms with E-state index in [-0.39, 0.29) is 11.9 Å². The number of fused-ring (bicyclic) bond motifs is 1. The van der Waals surface area contributed by atoms with E-state index in [9.17, 15) is 9.59 Å². The van der Waals surface area contributed by atoms with Crippen molar-refractivity contribution in [3.63, 3.8) is 0 Å². The molecule has 1 aromatic heterocycles. The van der Waals surface area contributed by atoms with Crippen molar-refractivity contribution in [3.05, 3.63) is 82.5 Å². The predicted molar refractivity (Wildman–Crippen MR) is 173 cm³/mol. The number of esters is 2. The van der Waals surface area contributed by atoms with Crippen LogP contribution >= 0.6 is 11.3 Å². The summed E-state index contributed by atoms with van der Waals surface area (Å²) in [6.07, 6.45) is 5.18. The van der Waals surface area contributed by atoms with Gasteiger partial charge in [-0.15, -0.1) is 10.2 Å². The maximum absolute atomic E-state index is 11.8. The van der Waals surface area contributed by atoms with Gasteiger partial charge in [0.15, 0.2) is 0 Å². The minimum Gasteiger partial charge on any atom is -0.465 e. The third kappa shape index (κ3) is 9.00. The minimum atomic E-state index is -0.422. The van der Waals surface area contributed by atoms with E-state index < -0.39 is 5.97 Å². The second kappa shape index (κ2) is 15.8. The number of hydrogen-bond acceptors (Lipinski definition) is 11. The largest absolute Gasteiger partial charge is 0.465 e. The van der Waals surface area contributed by atoms with Crippen LogP contribution in [-0.4, -0.2) is 43.2 Å². The van der Waals surface area contributed by atoms with Gasteiger partial charge in [0.25, 0.3) is 0 Å². The first-order chi connectivity index (χ1) is 21.3. The molecule has 0 bridgehead atoms. The molecule has 0 spiro atoms. The molecule has 1 unspecified atom stereocenters. The molecule has 0 saturated carbocycles. The maximum atomic E-state index is 11.8. The van der Waals surface area contributed by atoms with Crippen molar-refractivity contribution in [2.45, 2.75) is 47.0 Å². The number of ether oxygens (including phenoxy) is 2. The van der Waals surface area contributed by atoms with Gasteiger partial charge in [-0.25, -0.2) is 9.78 Å². The Hall–Kier alpha value is -4.51. The highest BCUT2D eigenvalue weighted by molar-refractivity contribution is 7.16. The zero-order chi connectivity index (χ0) is 31.5. The van der Waals surface area contributed by atoms with Crippen LogP contribution in [0, 0.1) is 12.8 Å². The molecule has 11 heteroatoms. The fourth-order valence-electron chi connectivity index (χ4n) is 4.33. The van der Waals surface area contributed by atoms with Crippen LogP contribution in [0.4, 0.5) is 22.2 Å². The molecule has 0 N–H and O–H groups in total. The summed E-state index contributed by atoms with van der Waals surface area (Å²) in [5, 5.41) is 18.2. The van der Waals surface area contributed by atoms with Crippen LogP contribution in [0.5, 0.6) is 0 Å². The molecule has 230 valence electrons. The standard InChI is InChI=1S/C33H38N6O4S/c1-6-22(4)32(41)43-17-15-24-9-11-25(12-10-24)35-36-26-20-29-30(21-26)44-33(34-29)38-37-28-14-13-27(19-23(28)5)39(8-3)16-18-42-31(40)7-2/h7,9-14,19,21-22H,2,6,8,15-18,20H2,1,3-5H3/b36-35+,38-37+. The third-order valence-corrected chi connectivity index (χ3v) is 8.11. The van der Waals surface area contributed by atoms with Gasteiger partial charge in [-0.3, -0.25) is 4.79 Å². The van der Waals surface area contributed by atoms with Crippen LogP contribution in [0.25, 0.3) is 6.08 Å². The molecular formula is C33H38N6O4S. The smallest absolute Gasteiger partial charge is 0.330 e. The van der Waals surface area contributed by atoms with Gasteiger partial charge in [0.1, 0.15) is 6.61 Å². The normalized spacial score (nSPS) is 13.1. The molecule has 1 aliphatic rings. The first-order valence-electron chi connectivity index (χ1n) is 14.7. The van der Waals surface area contributed by atoms with Crippen LogP contribution in [0.1, 0.15) is 48.9 Å². The van der Waals surface area contributed by atoms with Crippen LogP contribution in [0.3, 0.4) is 0 Å². The molecule has 10 nitrogen and oxygen atoms in total. The second-order valence-electron chi connectivity index (χ2n) is 10.3. The van der Waals surface area contributed by atoms with Crippen LogP contribution in [0.2, 0.25) is 0 Å². The molecule has 44 heavy (non-hydrogen) atoms. The SMILES string of the molecule is C=CC(=O)OCCN(CC)c1ccc(/N=N/c2nc3c(s2)C=C(/N=N/c2ccc(CCOC(=O)C(C)CC)cc2)C3)c(C)c1. The summed E-state index contributed by atoms with van der Waals surface area (Å²) < 4.78 is 10.4. The molecule has 2 aromatic carbocycles. The topological polar surface area (TPSA) is 118 Å². The molecule has 0 aliphatic heterocycles. The number of aromatic nitrogens is 1. The lowest BCUT2D eigenvalue weighted by molar-refractivity contribution is -0.147. The number of nitrogens with zero attached hydrogens (tertiary/aromatic N) is 6. The lowest BCUT2D eigenvalue weighted by Crippen LogP contribution is -2.27. The number of allylic oxidation sites excluding steroid dienone is 1. The minimum absolute atomic E-state index is 0.0698. The number of likely N-dealkylation sites (N-methyl/N-ethyl adjacent to an activating group) is 1. The number of aryl methyl sites for hydroxylation is 1. The van der Waals surface area contributed by atoms with E-state index in [1.54, 1.807) is 0 Å². The third-order valence-electron chi connectivity index (χ3n) is 7.19. The highest BCUT2D eigenvalue weighted by atomic mass is 32.1. The number of azo groups is 2. The van der Waals surface area contributed by atoms with Crippen LogP contribution < -0.4 is 4.90 Å². The number of benzene rings is 2. The summed E-state index contributed by atoms with van der Waals surface area (Å²) in [5.41, 5.74) is 6.36. The summed E-state index contributed by atoms with van der Waals surface area (Å²) in [6.45, 7) is 13.3. The molecule has 1 aliphatic carbocycles. The van der Waals surface area contributed by atoms with Crippen molar-refractivity contribution in [2.75, 3.05) is 31.2 Å². The van der Waals surface area contributed by atoms with Gasteiger partial charge in [0.2, 0.25) is 5.13 Å². The van der Waals surface area contributed by atoms with E-state index in [2.05, 4.69) is 43.8 Å². The van der Waals surface area contributed by atoms with Crippen molar-refractivity contribution >= 4 is 51.5 Å². The highest BCUT2D eigenvalue weighted by Gasteiger charge is 2.18. The van der Waals surface area contributed by atoms with E-state index in [0.717, 1.165) is 57.4 Å². The first kappa shape index (κ1) is 32.4. The number of rotatable bonds is 15. The van der Waals surface area contributed by atoms with E-state index in [0.29, 0.717) is 37.7 Å².